The molecule has 5 aromatic rings. The summed E-state index contributed by atoms with van der Waals surface area (Å²) in [6.45, 7) is 8.38. The SMILES string of the molecule is CC1(C)OB(c2ccc(-c3ccc(-c4ccc(N(c5ccccc5)c5ccccc5)cc4)s3)s2)OC1(C)C. The molecular weight excluding hydrogens is 505 g/mol. The standard InChI is InChI=1S/C32H30BNO2S2/c1-31(2)32(3,4)36-33(35-31)30-22-21-29(38-30)28-20-19-27(37-28)23-15-17-26(18-16-23)34(24-11-7-5-8-12-24)25-13-9-6-10-14-25/h5-22H,1-4H3. The Labute approximate surface area is 233 Å². The summed E-state index contributed by atoms with van der Waals surface area (Å²) >= 11 is 3.57. The van der Waals surface area contributed by atoms with Crippen molar-refractivity contribution in [2.75, 3.05) is 4.90 Å². The average molecular weight is 536 g/mol. The highest BCUT2D eigenvalue weighted by atomic mass is 32.1. The van der Waals surface area contributed by atoms with Gasteiger partial charge in [-0.05, 0) is 87.9 Å². The van der Waals surface area contributed by atoms with Crippen LogP contribution in [0.1, 0.15) is 27.7 Å². The van der Waals surface area contributed by atoms with Crippen LogP contribution >= 0.6 is 22.7 Å². The molecule has 1 aliphatic heterocycles. The minimum atomic E-state index is -0.333. The zero-order chi connectivity index (χ0) is 26.3. The fourth-order valence-corrected chi connectivity index (χ4v) is 6.64. The number of hydrogen-bond acceptors (Lipinski definition) is 5. The highest BCUT2D eigenvalue weighted by Gasteiger charge is 2.52. The second-order valence-electron chi connectivity index (χ2n) is 10.5. The van der Waals surface area contributed by atoms with Crippen LogP contribution in [0.2, 0.25) is 0 Å². The second kappa shape index (κ2) is 9.86. The Bertz CT molecular complexity index is 1470. The molecular formula is C32H30BNO2S2. The summed E-state index contributed by atoms with van der Waals surface area (Å²) in [6.07, 6.45) is 0. The number of thiophene rings is 2. The van der Waals surface area contributed by atoms with Crippen LogP contribution < -0.4 is 9.68 Å². The van der Waals surface area contributed by atoms with Gasteiger partial charge in [0.1, 0.15) is 0 Å². The van der Waals surface area contributed by atoms with Crippen LogP contribution in [0, 0.1) is 0 Å². The maximum atomic E-state index is 6.26. The first kappa shape index (κ1) is 25.1. The molecule has 38 heavy (non-hydrogen) atoms. The molecule has 0 radical (unpaired) electrons. The molecule has 3 nitrogen and oxygen atoms in total. The van der Waals surface area contributed by atoms with E-state index in [9.17, 15) is 0 Å². The van der Waals surface area contributed by atoms with E-state index >= 15 is 0 Å². The molecule has 0 unspecified atom stereocenters. The van der Waals surface area contributed by atoms with Gasteiger partial charge in [-0.25, -0.2) is 0 Å². The van der Waals surface area contributed by atoms with E-state index in [1.54, 1.807) is 11.3 Å². The Morgan fingerprint density at radius 2 is 1.00 bits per heavy atom. The second-order valence-corrected chi connectivity index (χ2v) is 12.7. The first-order chi connectivity index (χ1) is 18.3. The smallest absolute Gasteiger partial charge is 0.399 e. The molecule has 0 spiro atoms. The average Bonchev–Trinajstić information content (AvgIpc) is 3.64. The first-order valence-electron chi connectivity index (χ1n) is 12.9. The number of nitrogens with zero attached hydrogens (tertiary/aromatic N) is 1. The van der Waals surface area contributed by atoms with Crippen molar-refractivity contribution in [1.82, 2.24) is 0 Å². The summed E-state index contributed by atoms with van der Waals surface area (Å²) in [6, 6.07) is 38.6. The van der Waals surface area contributed by atoms with Crippen LogP contribution in [0.25, 0.3) is 20.2 Å². The lowest BCUT2D eigenvalue weighted by Crippen LogP contribution is -2.41. The van der Waals surface area contributed by atoms with Crippen molar-refractivity contribution in [3.05, 3.63) is 109 Å². The maximum absolute atomic E-state index is 6.26. The number of benzene rings is 3. The zero-order valence-corrected chi connectivity index (χ0v) is 23.7. The van der Waals surface area contributed by atoms with Gasteiger partial charge in [-0.1, -0.05) is 54.6 Å². The van der Waals surface area contributed by atoms with Crippen LogP contribution in [0.4, 0.5) is 17.1 Å². The van der Waals surface area contributed by atoms with Crippen molar-refractivity contribution < 1.29 is 9.31 Å². The van der Waals surface area contributed by atoms with Gasteiger partial charge in [-0.2, -0.15) is 0 Å². The van der Waals surface area contributed by atoms with Crippen LogP contribution in [0.3, 0.4) is 0 Å². The van der Waals surface area contributed by atoms with Gasteiger partial charge in [-0.15, -0.1) is 22.7 Å². The molecule has 1 fully saturated rings. The largest absolute Gasteiger partial charge is 0.505 e. The van der Waals surface area contributed by atoms with E-state index in [1.807, 2.05) is 11.3 Å². The van der Waals surface area contributed by atoms with Crippen molar-refractivity contribution in [3.63, 3.8) is 0 Å². The van der Waals surface area contributed by atoms with Crippen molar-refractivity contribution in [1.29, 1.82) is 0 Å². The molecule has 0 N–H and O–H groups in total. The van der Waals surface area contributed by atoms with Gasteiger partial charge in [0.2, 0.25) is 0 Å². The fraction of sp³-hybridized carbons (Fsp3) is 0.188. The molecule has 0 aliphatic carbocycles. The monoisotopic (exact) mass is 535 g/mol. The van der Waals surface area contributed by atoms with Crippen molar-refractivity contribution >= 4 is 51.6 Å². The summed E-state index contributed by atoms with van der Waals surface area (Å²) in [7, 11) is -0.317. The molecule has 3 heterocycles. The maximum Gasteiger partial charge on any atom is 0.505 e. The lowest BCUT2D eigenvalue weighted by Gasteiger charge is -2.32. The van der Waals surface area contributed by atoms with E-state index in [0.717, 1.165) is 21.8 Å². The number of anilines is 3. The van der Waals surface area contributed by atoms with E-state index in [1.165, 1.54) is 20.2 Å². The molecule has 6 heteroatoms. The summed E-state index contributed by atoms with van der Waals surface area (Å²) in [4.78, 5) is 6.03. The summed E-state index contributed by atoms with van der Waals surface area (Å²) in [5.41, 5.74) is 3.96. The quantitative estimate of drug-likeness (QED) is 0.203. The molecule has 1 saturated heterocycles. The molecule has 1 aliphatic rings. The van der Waals surface area contributed by atoms with Gasteiger partial charge in [0, 0.05) is 36.5 Å². The van der Waals surface area contributed by atoms with E-state index in [0.29, 0.717) is 0 Å². The lowest BCUT2D eigenvalue weighted by molar-refractivity contribution is 0.00578. The van der Waals surface area contributed by atoms with Crippen LogP contribution in [-0.2, 0) is 9.31 Å². The molecule has 190 valence electrons. The van der Waals surface area contributed by atoms with Gasteiger partial charge in [0.15, 0.2) is 0 Å². The number of hydrogen-bond donors (Lipinski definition) is 0. The highest BCUT2D eigenvalue weighted by molar-refractivity contribution is 7.28. The van der Waals surface area contributed by atoms with Crippen LogP contribution in [0.15, 0.2) is 109 Å². The third-order valence-electron chi connectivity index (χ3n) is 7.40. The number of rotatable bonds is 6. The van der Waals surface area contributed by atoms with Crippen LogP contribution in [-0.4, -0.2) is 18.3 Å². The third-order valence-corrected chi connectivity index (χ3v) is 9.84. The van der Waals surface area contributed by atoms with Crippen molar-refractivity contribution in [3.8, 4) is 20.2 Å². The fourth-order valence-electron chi connectivity index (χ4n) is 4.57. The minimum Gasteiger partial charge on any atom is -0.399 e. The van der Waals surface area contributed by atoms with Gasteiger partial charge in [0.05, 0.1) is 11.2 Å². The summed E-state index contributed by atoms with van der Waals surface area (Å²) in [5, 5.41) is 0. The zero-order valence-electron chi connectivity index (χ0n) is 22.0. The van der Waals surface area contributed by atoms with E-state index in [4.69, 9.17) is 9.31 Å². The van der Waals surface area contributed by atoms with Crippen molar-refractivity contribution in [2.24, 2.45) is 0 Å². The highest BCUT2D eigenvalue weighted by Crippen LogP contribution is 2.41. The Morgan fingerprint density at radius 1 is 0.526 bits per heavy atom. The van der Waals surface area contributed by atoms with Crippen LogP contribution in [0.5, 0.6) is 0 Å². The topological polar surface area (TPSA) is 21.7 Å². The molecule has 0 bridgehead atoms. The molecule has 0 atom stereocenters. The minimum absolute atomic E-state index is 0.317. The molecule has 2 aromatic heterocycles. The first-order valence-corrected chi connectivity index (χ1v) is 14.5. The Kier molecular flexibility index (Phi) is 6.52. The Morgan fingerprint density at radius 3 is 1.58 bits per heavy atom. The third kappa shape index (κ3) is 4.74. The van der Waals surface area contributed by atoms with Gasteiger partial charge in [-0.3, -0.25) is 0 Å². The van der Waals surface area contributed by atoms with Crippen molar-refractivity contribution in [2.45, 2.75) is 38.9 Å². The normalized spacial score (nSPS) is 16.1. The summed E-state index contributed by atoms with van der Waals surface area (Å²) in [5.74, 6) is 0. The molecule has 3 aromatic carbocycles. The Balaban J connectivity index is 1.24. The Hall–Kier alpha value is -3.16. The van der Waals surface area contributed by atoms with Gasteiger partial charge >= 0.3 is 7.12 Å². The predicted octanol–water partition coefficient (Wildman–Crippen LogP) is 8.91. The molecule has 0 amide bonds. The van der Waals surface area contributed by atoms with Gasteiger partial charge in [0.25, 0.3) is 0 Å². The van der Waals surface area contributed by atoms with E-state index in [2.05, 4.69) is 142 Å². The van der Waals surface area contributed by atoms with E-state index < -0.39 is 0 Å². The number of para-hydroxylation sites is 2. The van der Waals surface area contributed by atoms with E-state index in [-0.39, 0.29) is 18.3 Å². The lowest BCUT2D eigenvalue weighted by atomic mass is 9.88. The van der Waals surface area contributed by atoms with Gasteiger partial charge < -0.3 is 14.2 Å². The molecule has 6 rings (SSSR count). The summed E-state index contributed by atoms with van der Waals surface area (Å²) < 4.78 is 13.6. The predicted molar refractivity (Wildman–Crippen MR) is 163 cm³/mol. The molecule has 0 saturated carbocycles.